The summed E-state index contributed by atoms with van der Waals surface area (Å²) in [4.78, 5) is 18.2. The summed E-state index contributed by atoms with van der Waals surface area (Å²) in [7, 11) is 0. The first-order valence-corrected chi connectivity index (χ1v) is 8.63. The molecule has 0 radical (unpaired) electrons. The van der Waals surface area contributed by atoms with Crippen LogP contribution in [0.15, 0.2) is 35.5 Å². The van der Waals surface area contributed by atoms with Crippen molar-refractivity contribution in [1.29, 1.82) is 0 Å². The van der Waals surface area contributed by atoms with Gasteiger partial charge in [-0.25, -0.2) is 4.98 Å². The lowest BCUT2D eigenvalue weighted by Gasteiger charge is -2.25. The van der Waals surface area contributed by atoms with Crippen molar-refractivity contribution in [2.24, 2.45) is 0 Å². The fourth-order valence-electron chi connectivity index (χ4n) is 3.26. The number of aryl methyl sites for hydroxylation is 2. The van der Waals surface area contributed by atoms with E-state index < -0.39 is 0 Å². The Labute approximate surface area is 134 Å². The first-order valence-electron chi connectivity index (χ1n) is 7.75. The molecule has 22 heavy (non-hydrogen) atoms. The number of amides is 1. The topological polar surface area (TPSA) is 46.9 Å². The van der Waals surface area contributed by atoms with E-state index in [-0.39, 0.29) is 17.2 Å². The minimum absolute atomic E-state index is 0.0148. The van der Waals surface area contributed by atoms with Gasteiger partial charge in [0.05, 0.1) is 5.25 Å². The minimum atomic E-state index is 0.0148. The summed E-state index contributed by atoms with van der Waals surface area (Å²) >= 11 is 1.70. The van der Waals surface area contributed by atoms with Gasteiger partial charge in [0.2, 0.25) is 5.91 Å². The molecule has 3 heterocycles. The average Bonchev–Trinajstić information content (AvgIpc) is 3.12. The summed E-state index contributed by atoms with van der Waals surface area (Å²) in [5.41, 5.74) is 2.56. The second kappa shape index (κ2) is 5.47. The maximum atomic E-state index is 12.6. The van der Waals surface area contributed by atoms with Gasteiger partial charge in [-0.15, -0.1) is 11.8 Å². The molecular formula is C17H19N3OS. The lowest BCUT2D eigenvalue weighted by molar-refractivity contribution is -0.121. The molecule has 1 amide bonds. The molecule has 1 aromatic heterocycles. The van der Waals surface area contributed by atoms with Crippen molar-refractivity contribution < 1.29 is 4.79 Å². The van der Waals surface area contributed by atoms with Gasteiger partial charge < -0.3 is 9.88 Å². The number of imidazole rings is 1. The molecule has 4 rings (SSSR count). The molecule has 2 aromatic rings. The van der Waals surface area contributed by atoms with Crippen LogP contribution in [0.2, 0.25) is 0 Å². The molecule has 4 nitrogen and oxygen atoms in total. The molecule has 0 saturated carbocycles. The zero-order valence-corrected chi connectivity index (χ0v) is 13.4. The van der Waals surface area contributed by atoms with Gasteiger partial charge in [0, 0.05) is 36.3 Å². The van der Waals surface area contributed by atoms with E-state index in [1.165, 1.54) is 16.0 Å². The third-order valence-electron chi connectivity index (χ3n) is 4.47. The van der Waals surface area contributed by atoms with Crippen LogP contribution >= 0.6 is 11.8 Å². The summed E-state index contributed by atoms with van der Waals surface area (Å²) in [5.74, 6) is 1.30. The molecule has 1 aromatic carbocycles. The van der Waals surface area contributed by atoms with Crippen molar-refractivity contribution in [3.63, 3.8) is 0 Å². The van der Waals surface area contributed by atoms with Crippen LogP contribution in [0.5, 0.6) is 0 Å². The number of fused-ring (bicyclic) bond motifs is 2. The van der Waals surface area contributed by atoms with Gasteiger partial charge in [0.25, 0.3) is 0 Å². The van der Waals surface area contributed by atoms with Crippen molar-refractivity contribution in [2.45, 2.75) is 48.9 Å². The summed E-state index contributed by atoms with van der Waals surface area (Å²) in [6.07, 6.45) is 6.60. The lowest BCUT2D eigenvalue weighted by atomic mass is 10.1. The molecule has 2 atom stereocenters. The Balaban J connectivity index is 1.40. The largest absolute Gasteiger partial charge is 0.351 e. The highest BCUT2D eigenvalue weighted by Crippen LogP contribution is 2.37. The summed E-state index contributed by atoms with van der Waals surface area (Å²) in [6.45, 7) is 2.93. The van der Waals surface area contributed by atoms with Crippen LogP contribution in [0.25, 0.3) is 0 Å². The predicted molar refractivity (Wildman–Crippen MR) is 87.0 cm³/mol. The quantitative estimate of drug-likeness (QED) is 0.926. The number of hydrogen-bond acceptors (Lipinski definition) is 3. The van der Waals surface area contributed by atoms with Gasteiger partial charge in [-0.2, -0.15) is 0 Å². The van der Waals surface area contributed by atoms with E-state index in [1.807, 2.05) is 12.4 Å². The number of nitrogens with one attached hydrogen (secondary N) is 1. The highest BCUT2D eigenvalue weighted by molar-refractivity contribution is 8.01. The summed E-state index contributed by atoms with van der Waals surface area (Å²) < 4.78 is 2.15. The summed E-state index contributed by atoms with van der Waals surface area (Å²) in [5, 5.41) is 3.25. The zero-order chi connectivity index (χ0) is 15.1. The van der Waals surface area contributed by atoms with E-state index in [1.54, 1.807) is 11.8 Å². The van der Waals surface area contributed by atoms with E-state index in [0.717, 1.165) is 31.6 Å². The van der Waals surface area contributed by atoms with Crippen LogP contribution in [-0.4, -0.2) is 26.8 Å². The Kier molecular flexibility index (Phi) is 3.45. The first kappa shape index (κ1) is 13.9. The summed E-state index contributed by atoms with van der Waals surface area (Å²) in [6, 6.07) is 6.69. The van der Waals surface area contributed by atoms with Crippen molar-refractivity contribution in [2.75, 3.05) is 0 Å². The number of benzene rings is 1. The molecule has 1 N–H and O–H groups in total. The maximum Gasteiger partial charge on any atom is 0.234 e. The minimum Gasteiger partial charge on any atom is -0.351 e. The number of carbonyl (C=O) groups is 1. The first-order chi connectivity index (χ1) is 10.7. The molecule has 0 fully saturated rings. The molecule has 0 aliphatic carbocycles. The van der Waals surface area contributed by atoms with Crippen LogP contribution in [-0.2, 0) is 24.2 Å². The third-order valence-corrected chi connectivity index (χ3v) is 5.77. The SMILES string of the molecule is Cc1ccc2c(c1)S[C@H](C(=O)N[C@H]1CCc3nccn3C1)C2. The van der Waals surface area contributed by atoms with Crippen molar-refractivity contribution >= 4 is 17.7 Å². The molecule has 114 valence electrons. The van der Waals surface area contributed by atoms with E-state index >= 15 is 0 Å². The number of thioether (sulfide) groups is 1. The second-order valence-corrected chi connectivity index (χ2v) is 7.41. The molecule has 0 bridgehead atoms. The Hall–Kier alpha value is -1.75. The number of carbonyl (C=O) groups excluding carboxylic acids is 1. The number of hydrogen-bond donors (Lipinski definition) is 1. The predicted octanol–water partition coefficient (Wildman–Crippen LogP) is 2.34. The molecule has 5 heteroatoms. The molecule has 2 aliphatic rings. The van der Waals surface area contributed by atoms with Gasteiger partial charge in [0.1, 0.15) is 5.82 Å². The molecule has 0 saturated heterocycles. The molecule has 2 aliphatic heterocycles. The second-order valence-electron chi connectivity index (χ2n) is 6.16. The van der Waals surface area contributed by atoms with Crippen LogP contribution in [0.1, 0.15) is 23.4 Å². The smallest absolute Gasteiger partial charge is 0.234 e. The normalized spacial score (nSPS) is 23.0. The number of rotatable bonds is 2. The highest BCUT2D eigenvalue weighted by Gasteiger charge is 2.30. The Morgan fingerprint density at radius 3 is 3.27 bits per heavy atom. The molecular weight excluding hydrogens is 294 g/mol. The van der Waals surface area contributed by atoms with Crippen molar-refractivity contribution in [1.82, 2.24) is 14.9 Å². The number of nitrogens with zero attached hydrogens (tertiary/aromatic N) is 2. The van der Waals surface area contributed by atoms with E-state index in [9.17, 15) is 4.79 Å². The fraction of sp³-hybridized carbons (Fsp3) is 0.412. The van der Waals surface area contributed by atoms with E-state index in [0.29, 0.717) is 0 Å². The Bertz CT molecular complexity index is 724. The van der Waals surface area contributed by atoms with Gasteiger partial charge in [-0.05, 0) is 31.4 Å². The Morgan fingerprint density at radius 1 is 1.45 bits per heavy atom. The van der Waals surface area contributed by atoms with Gasteiger partial charge in [0.15, 0.2) is 0 Å². The third kappa shape index (κ3) is 2.54. The van der Waals surface area contributed by atoms with Gasteiger partial charge in [-0.3, -0.25) is 4.79 Å². The van der Waals surface area contributed by atoms with Crippen molar-refractivity contribution in [3.05, 3.63) is 47.5 Å². The van der Waals surface area contributed by atoms with E-state index in [2.05, 4.69) is 40.0 Å². The highest BCUT2D eigenvalue weighted by atomic mass is 32.2. The van der Waals surface area contributed by atoms with Crippen LogP contribution in [0.4, 0.5) is 0 Å². The van der Waals surface area contributed by atoms with Crippen LogP contribution in [0, 0.1) is 6.92 Å². The standard InChI is InChI=1S/C17H19N3OS/c1-11-2-3-12-9-15(22-14(12)8-11)17(21)19-13-4-5-16-18-6-7-20(16)10-13/h2-3,6-8,13,15H,4-5,9-10H2,1H3,(H,19,21)/t13-,15-/m0/s1. The maximum absolute atomic E-state index is 12.6. The van der Waals surface area contributed by atoms with Crippen LogP contribution < -0.4 is 5.32 Å². The Morgan fingerprint density at radius 2 is 2.36 bits per heavy atom. The average molecular weight is 313 g/mol. The van der Waals surface area contributed by atoms with Crippen LogP contribution in [0.3, 0.4) is 0 Å². The molecule has 0 unspecified atom stereocenters. The molecule has 0 spiro atoms. The van der Waals surface area contributed by atoms with Gasteiger partial charge in [-0.1, -0.05) is 17.7 Å². The monoisotopic (exact) mass is 313 g/mol. The fourth-order valence-corrected chi connectivity index (χ4v) is 4.56. The van der Waals surface area contributed by atoms with Crippen molar-refractivity contribution in [3.8, 4) is 0 Å². The lowest BCUT2D eigenvalue weighted by Crippen LogP contribution is -2.44. The van der Waals surface area contributed by atoms with E-state index in [4.69, 9.17) is 0 Å². The van der Waals surface area contributed by atoms with Gasteiger partial charge >= 0.3 is 0 Å². The zero-order valence-electron chi connectivity index (χ0n) is 12.6. The number of aromatic nitrogens is 2.